The smallest absolute Gasteiger partial charge is 0.272 e. The lowest BCUT2D eigenvalue weighted by molar-refractivity contribution is 0.0299. The molecule has 8 nitrogen and oxygen atoms in total. The Bertz CT molecular complexity index is 789. The van der Waals surface area contributed by atoms with Crippen molar-refractivity contribution in [2.45, 2.75) is 19.4 Å². The standard InChI is InChI=1S/C17H23N3O5S/c1-2-20(13-6-11-26(23,24)12-13)17(22)15-5-3-4-14(18-15)16(21)19-7-9-25-10-8-19/h3-5,13H,2,6-12H2,1H3. The molecule has 3 rings (SSSR count). The number of rotatable bonds is 4. The Morgan fingerprint density at radius 1 is 1.27 bits per heavy atom. The van der Waals surface area contributed by atoms with E-state index in [1.54, 1.807) is 23.1 Å². The fourth-order valence-electron chi connectivity index (χ4n) is 3.34. The number of carbonyl (C=O) groups is 2. The lowest BCUT2D eigenvalue weighted by atomic mass is 10.2. The van der Waals surface area contributed by atoms with Gasteiger partial charge in [-0.1, -0.05) is 6.07 Å². The molecule has 0 saturated carbocycles. The molecule has 2 aliphatic rings. The van der Waals surface area contributed by atoms with Gasteiger partial charge in [-0.25, -0.2) is 13.4 Å². The Hall–Kier alpha value is -2.00. The van der Waals surface area contributed by atoms with Crippen LogP contribution in [-0.4, -0.2) is 85.4 Å². The van der Waals surface area contributed by atoms with Gasteiger partial charge in [-0.2, -0.15) is 0 Å². The molecule has 0 N–H and O–H groups in total. The molecule has 1 atom stereocenters. The van der Waals surface area contributed by atoms with Crippen LogP contribution < -0.4 is 0 Å². The molecule has 26 heavy (non-hydrogen) atoms. The minimum atomic E-state index is -3.09. The highest BCUT2D eigenvalue weighted by atomic mass is 32.2. The van der Waals surface area contributed by atoms with E-state index in [0.717, 1.165) is 0 Å². The Morgan fingerprint density at radius 3 is 2.58 bits per heavy atom. The van der Waals surface area contributed by atoms with Gasteiger partial charge in [-0.05, 0) is 25.5 Å². The molecular weight excluding hydrogens is 358 g/mol. The number of carbonyl (C=O) groups excluding carboxylic acids is 2. The van der Waals surface area contributed by atoms with E-state index in [0.29, 0.717) is 39.3 Å². The van der Waals surface area contributed by atoms with Gasteiger partial charge in [0.2, 0.25) is 0 Å². The van der Waals surface area contributed by atoms with Gasteiger partial charge in [0.25, 0.3) is 11.8 Å². The molecule has 2 fully saturated rings. The average molecular weight is 381 g/mol. The first-order valence-electron chi connectivity index (χ1n) is 8.77. The number of morpholine rings is 1. The second-order valence-corrected chi connectivity index (χ2v) is 8.69. The van der Waals surface area contributed by atoms with Gasteiger partial charge in [0.15, 0.2) is 9.84 Å². The van der Waals surface area contributed by atoms with Gasteiger partial charge in [-0.3, -0.25) is 9.59 Å². The summed E-state index contributed by atoms with van der Waals surface area (Å²) in [7, 11) is -3.09. The third kappa shape index (κ3) is 4.04. The molecule has 142 valence electrons. The molecular formula is C17H23N3O5S. The highest BCUT2D eigenvalue weighted by Gasteiger charge is 2.34. The van der Waals surface area contributed by atoms with E-state index in [4.69, 9.17) is 4.74 Å². The van der Waals surface area contributed by atoms with E-state index >= 15 is 0 Å². The largest absolute Gasteiger partial charge is 0.378 e. The van der Waals surface area contributed by atoms with Crippen LogP contribution in [0.3, 0.4) is 0 Å². The van der Waals surface area contributed by atoms with Gasteiger partial charge >= 0.3 is 0 Å². The molecule has 9 heteroatoms. The first-order valence-corrected chi connectivity index (χ1v) is 10.6. The van der Waals surface area contributed by atoms with Gasteiger partial charge in [0.05, 0.1) is 24.7 Å². The molecule has 0 bridgehead atoms. The van der Waals surface area contributed by atoms with Crippen molar-refractivity contribution >= 4 is 21.7 Å². The number of hydrogen-bond acceptors (Lipinski definition) is 6. The maximum absolute atomic E-state index is 12.8. The SMILES string of the molecule is CCN(C(=O)c1cccc(C(=O)N2CCOCC2)n1)C1CCS(=O)(=O)C1. The molecule has 0 aliphatic carbocycles. The van der Waals surface area contributed by atoms with Crippen LogP contribution in [-0.2, 0) is 14.6 Å². The third-order valence-electron chi connectivity index (χ3n) is 4.74. The van der Waals surface area contributed by atoms with E-state index in [1.807, 2.05) is 6.92 Å². The molecule has 2 amide bonds. The molecule has 1 aromatic heterocycles. The maximum atomic E-state index is 12.8. The Morgan fingerprint density at radius 2 is 1.96 bits per heavy atom. The molecule has 3 heterocycles. The second kappa shape index (κ2) is 7.71. The van der Waals surface area contributed by atoms with Crippen molar-refractivity contribution in [3.8, 4) is 0 Å². The summed E-state index contributed by atoms with van der Waals surface area (Å²) >= 11 is 0. The number of sulfone groups is 1. The van der Waals surface area contributed by atoms with Crippen LogP contribution in [0.15, 0.2) is 18.2 Å². The lowest BCUT2D eigenvalue weighted by Crippen LogP contribution is -2.42. The molecule has 0 spiro atoms. The molecule has 2 saturated heterocycles. The molecule has 0 radical (unpaired) electrons. The maximum Gasteiger partial charge on any atom is 0.272 e. The van der Waals surface area contributed by atoms with E-state index < -0.39 is 9.84 Å². The highest BCUT2D eigenvalue weighted by molar-refractivity contribution is 7.91. The zero-order valence-corrected chi connectivity index (χ0v) is 15.6. The van der Waals surface area contributed by atoms with Gasteiger partial charge in [0.1, 0.15) is 11.4 Å². The first-order chi connectivity index (χ1) is 12.4. The number of amides is 2. The van der Waals surface area contributed by atoms with Gasteiger partial charge < -0.3 is 14.5 Å². The summed E-state index contributed by atoms with van der Waals surface area (Å²) < 4.78 is 28.7. The Kier molecular flexibility index (Phi) is 5.57. The minimum absolute atomic E-state index is 0.0149. The van der Waals surface area contributed by atoms with Gasteiger partial charge in [-0.15, -0.1) is 0 Å². The zero-order valence-electron chi connectivity index (χ0n) is 14.8. The number of ether oxygens (including phenoxy) is 1. The lowest BCUT2D eigenvalue weighted by Gasteiger charge is -2.27. The van der Waals surface area contributed by atoms with Crippen molar-refractivity contribution in [2.24, 2.45) is 0 Å². The van der Waals surface area contributed by atoms with Crippen LogP contribution in [0.1, 0.15) is 34.3 Å². The van der Waals surface area contributed by atoms with Crippen molar-refractivity contribution in [3.63, 3.8) is 0 Å². The van der Waals surface area contributed by atoms with Crippen LogP contribution in [0.25, 0.3) is 0 Å². The van der Waals surface area contributed by atoms with E-state index in [9.17, 15) is 18.0 Å². The van der Waals surface area contributed by atoms with Crippen molar-refractivity contribution in [1.29, 1.82) is 0 Å². The van der Waals surface area contributed by atoms with E-state index in [2.05, 4.69) is 4.98 Å². The third-order valence-corrected chi connectivity index (χ3v) is 6.49. The fourth-order valence-corrected chi connectivity index (χ4v) is 5.07. The Labute approximate surface area is 153 Å². The van der Waals surface area contributed by atoms with Crippen LogP contribution in [0, 0.1) is 0 Å². The van der Waals surface area contributed by atoms with E-state index in [-0.39, 0.29) is 40.7 Å². The van der Waals surface area contributed by atoms with Crippen molar-refractivity contribution in [2.75, 3.05) is 44.4 Å². The minimum Gasteiger partial charge on any atom is -0.378 e. The van der Waals surface area contributed by atoms with Crippen LogP contribution in [0.5, 0.6) is 0 Å². The molecule has 2 aliphatic heterocycles. The predicted molar refractivity (Wildman–Crippen MR) is 94.7 cm³/mol. The predicted octanol–water partition coefficient (Wildman–Crippen LogP) is 0.203. The number of hydrogen-bond donors (Lipinski definition) is 0. The summed E-state index contributed by atoms with van der Waals surface area (Å²) in [5, 5.41) is 0. The van der Waals surface area contributed by atoms with Crippen LogP contribution in [0.4, 0.5) is 0 Å². The second-order valence-electron chi connectivity index (χ2n) is 6.46. The summed E-state index contributed by atoms with van der Waals surface area (Å²) in [6.45, 7) is 4.18. The highest BCUT2D eigenvalue weighted by Crippen LogP contribution is 2.19. The average Bonchev–Trinajstić information content (AvgIpc) is 3.02. The van der Waals surface area contributed by atoms with Crippen molar-refractivity contribution in [3.05, 3.63) is 29.6 Å². The zero-order chi connectivity index (χ0) is 18.7. The topological polar surface area (TPSA) is 96.9 Å². The van der Waals surface area contributed by atoms with Crippen molar-refractivity contribution in [1.82, 2.24) is 14.8 Å². The molecule has 1 unspecified atom stereocenters. The summed E-state index contributed by atoms with van der Waals surface area (Å²) in [4.78, 5) is 32.9. The van der Waals surface area contributed by atoms with Crippen molar-refractivity contribution < 1.29 is 22.7 Å². The molecule has 0 aromatic carbocycles. The summed E-state index contributed by atoms with van der Waals surface area (Å²) in [6.07, 6.45) is 0.439. The number of aromatic nitrogens is 1. The molecule has 1 aromatic rings. The summed E-state index contributed by atoms with van der Waals surface area (Å²) in [5.41, 5.74) is 0.378. The fraction of sp³-hybridized carbons (Fsp3) is 0.588. The summed E-state index contributed by atoms with van der Waals surface area (Å²) in [5.74, 6) is -0.482. The first kappa shape index (κ1) is 18.8. The van der Waals surface area contributed by atoms with E-state index in [1.165, 1.54) is 4.90 Å². The van der Waals surface area contributed by atoms with Gasteiger partial charge in [0, 0.05) is 25.7 Å². The number of pyridine rings is 1. The number of nitrogens with zero attached hydrogens (tertiary/aromatic N) is 3. The quantitative estimate of drug-likeness (QED) is 0.739. The van der Waals surface area contributed by atoms with Crippen LogP contribution >= 0.6 is 0 Å². The normalized spacial score (nSPS) is 22.2. The monoisotopic (exact) mass is 381 g/mol. The van der Waals surface area contributed by atoms with Crippen LogP contribution in [0.2, 0.25) is 0 Å². The summed E-state index contributed by atoms with van der Waals surface area (Å²) in [6, 6.07) is 4.45. The Balaban J connectivity index is 1.77.